The molecule has 298 valence electrons. The Balaban J connectivity index is 1.44. The van der Waals surface area contributed by atoms with Gasteiger partial charge in [0.05, 0.1) is 29.9 Å². The van der Waals surface area contributed by atoms with Gasteiger partial charge >= 0.3 is 5.97 Å². The number of rotatable bonds is 10. The van der Waals surface area contributed by atoms with Crippen molar-refractivity contribution in [2.45, 2.75) is 126 Å². The third-order valence-corrected chi connectivity index (χ3v) is 14.8. The molecule has 1 spiro atoms. The van der Waals surface area contributed by atoms with E-state index in [0.717, 1.165) is 45.9 Å². The van der Waals surface area contributed by atoms with Crippen molar-refractivity contribution in [3.05, 3.63) is 82.0 Å². The molecule has 0 aromatic heterocycles. The van der Waals surface area contributed by atoms with E-state index in [0.29, 0.717) is 29.9 Å². The molecule has 0 radical (unpaired) electrons. The summed E-state index contributed by atoms with van der Waals surface area (Å²) in [5, 5.41) is 3.95. The zero-order valence-corrected chi connectivity index (χ0v) is 36.4. The minimum atomic E-state index is -1.37. The number of anilines is 1. The number of carbonyl (C=O) groups is 2. The molecule has 4 heterocycles. The first-order valence-corrected chi connectivity index (χ1v) is 21.9. The number of nitrogens with one attached hydrogen (secondary N) is 1. The third kappa shape index (κ3) is 5.85. The first kappa shape index (κ1) is 39.4. The molecule has 8 atom stereocenters. The number of hydrogen-bond donors (Lipinski definition) is 1. The SMILES string of the molecule is COC(=O)/C(C)=C\CC12OC(C)(C)C3CC(C1=O)C1Sc4ccccc4NC4c5c(OCBr)c6c(c(CC=C(C)C)c5OC32C41)OC(C)(CCC=C(C)C)C=C6. The van der Waals surface area contributed by atoms with E-state index < -0.39 is 28.4 Å². The van der Waals surface area contributed by atoms with Crippen LogP contribution in [0.25, 0.3) is 6.08 Å². The summed E-state index contributed by atoms with van der Waals surface area (Å²) >= 11 is 5.41. The van der Waals surface area contributed by atoms with Gasteiger partial charge in [-0.05, 0) is 121 Å². The van der Waals surface area contributed by atoms with Gasteiger partial charge in [-0.2, -0.15) is 0 Å². The van der Waals surface area contributed by atoms with Gasteiger partial charge in [-0.25, -0.2) is 4.79 Å². The minimum Gasteiger partial charge on any atom is -0.482 e. The number of thioether (sulfide) groups is 1. The molecule has 56 heavy (non-hydrogen) atoms. The van der Waals surface area contributed by atoms with Crippen molar-refractivity contribution in [2.75, 3.05) is 17.9 Å². The molecule has 2 aromatic rings. The number of allylic oxidation sites excluding steroid dienone is 4. The Morgan fingerprint density at radius 1 is 1.04 bits per heavy atom. The number of Topliss-reactive ketones (excluding diaryl/α,β-unsaturated/α-hetero) is 1. The Morgan fingerprint density at radius 2 is 1.79 bits per heavy atom. The highest BCUT2D eigenvalue weighted by molar-refractivity contribution is 9.09. The van der Waals surface area contributed by atoms with Crippen molar-refractivity contribution in [3.8, 4) is 17.2 Å². The van der Waals surface area contributed by atoms with Crippen LogP contribution >= 0.6 is 27.7 Å². The number of esters is 1. The topological polar surface area (TPSA) is 92.3 Å². The van der Waals surface area contributed by atoms with Crippen LogP contribution in [0.4, 0.5) is 5.69 Å². The molecule has 8 nitrogen and oxygen atoms in total. The molecule has 4 aliphatic heterocycles. The van der Waals surface area contributed by atoms with E-state index in [2.05, 4.69) is 118 Å². The van der Waals surface area contributed by atoms with E-state index in [1.165, 1.54) is 18.3 Å². The lowest BCUT2D eigenvalue weighted by atomic mass is 9.45. The highest BCUT2D eigenvalue weighted by Gasteiger charge is 2.85. The van der Waals surface area contributed by atoms with Gasteiger partial charge in [-0.1, -0.05) is 41.5 Å². The highest BCUT2D eigenvalue weighted by atomic mass is 79.9. The molecule has 8 unspecified atom stereocenters. The number of carbonyl (C=O) groups excluding carboxylic acids is 2. The van der Waals surface area contributed by atoms with E-state index in [1.807, 2.05) is 6.08 Å². The maximum Gasteiger partial charge on any atom is 0.333 e. The predicted molar refractivity (Wildman–Crippen MR) is 225 cm³/mol. The zero-order valence-electron chi connectivity index (χ0n) is 34.0. The van der Waals surface area contributed by atoms with Gasteiger partial charge in [0.25, 0.3) is 0 Å². The fourth-order valence-corrected chi connectivity index (χ4v) is 12.5. The van der Waals surface area contributed by atoms with Crippen molar-refractivity contribution in [2.24, 2.45) is 17.8 Å². The Bertz CT molecular complexity index is 2110. The number of ketones is 1. The standard InChI is InChI=1S/C46H54BrNO7S/c1-25(2)13-12-20-44(8)21-19-29-37(53-44)28(17-16-26(3)4)39-34(38(29)52-24-47)36-35-40(56-32-15-11-10-14-31(32)48-36)30-23-33-43(6,7)55-45(41(30)49,46(33,35)54-39)22-18-27(5)42(50)51-9/h10-11,13-16,18-19,21,30,33,35-36,40,48H,12,17,20,22-24H2,1-9H3/b27-18-. The summed E-state index contributed by atoms with van der Waals surface area (Å²) in [5.41, 5.74) is 3.18. The fraction of sp³-hybridized carbons (Fsp3) is 0.522. The minimum absolute atomic E-state index is 0.0512. The molecule has 4 bridgehead atoms. The van der Waals surface area contributed by atoms with Crippen molar-refractivity contribution in [1.29, 1.82) is 0 Å². The first-order chi connectivity index (χ1) is 26.6. The average molecular weight is 845 g/mol. The van der Waals surface area contributed by atoms with Gasteiger partial charge in [0.2, 0.25) is 0 Å². The number of ether oxygens (including phenoxy) is 5. The first-order valence-electron chi connectivity index (χ1n) is 19.9. The molecule has 2 aromatic carbocycles. The summed E-state index contributed by atoms with van der Waals surface area (Å²) in [6.07, 6.45) is 13.7. The van der Waals surface area contributed by atoms with Gasteiger partial charge in [0.1, 0.15) is 28.4 Å². The van der Waals surface area contributed by atoms with Gasteiger partial charge in [-0.15, -0.1) is 11.8 Å². The number of alkyl halides is 1. The van der Waals surface area contributed by atoms with Crippen LogP contribution in [0, 0.1) is 17.8 Å². The van der Waals surface area contributed by atoms with Crippen LogP contribution in [0.1, 0.15) is 104 Å². The van der Waals surface area contributed by atoms with Crippen molar-refractivity contribution < 1.29 is 33.3 Å². The average Bonchev–Trinajstić information content (AvgIpc) is 3.23. The normalized spacial score (nSPS) is 32.3. The Labute approximate surface area is 344 Å². The predicted octanol–water partition coefficient (Wildman–Crippen LogP) is 10.5. The Kier molecular flexibility index (Phi) is 9.92. The number of hydrogen-bond acceptors (Lipinski definition) is 9. The molecule has 4 fully saturated rings. The maximum absolute atomic E-state index is 15.5. The van der Waals surface area contributed by atoms with Crippen LogP contribution < -0.4 is 19.5 Å². The van der Waals surface area contributed by atoms with Crippen LogP contribution in [-0.4, -0.2) is 52.0 Å². The van der Waals surface area contributed by atoms with E-state index in [-0.39, 0.29) is 46.8 Å². The van der Waals surface area contributed by atoms with Gasteiger partial charge < -0.3 is 29.0 Å². The van der Waals surface area contributed by atoms with Gasteiger partial charge in [0.15, 0.2) is 17.0 Å². The highest BCUT2D eigenvalue weighted by Crippen LogP contribution is 2.75. The van der Waals surface area contributed by atoms with Crippen LogP contribution in [-0.2, 0) is 25.5 Å². The maximum atomic E-state index is 15.5. The lowest BCUT2D eigenvalue weighted by Gasteiger charge is -2.65. The molecule has 7 aliphatic rings. The second-order valence-corrected chi connectivity index (χ2v) is 19.3. The number of para-hydroxylation sites is 1. The van der Waals surface area contributed by atoms with Crippen LogP contribution in [0.3, 0.4) is 0 Å². The van der Waals surface area contributed by atoms with E-state index in [9.17, 15) is 4.79 Å². The summed E-state index contributed by atoms with van der Waals surface area (Å²) in [6, 6.07) is 8.09. The summed E-state index contributed by atoms with van der Waals surface area (Å²) in [7, 11) is 1.38. The molecule has 3 aliphatic carbocycles. The number of benzene rings is 2. The summed E-state index contributed by atoms with van der Waals surface area (Å²) < 4.78 is 34.2. The lowest BCUT2D eigenvalue weighted by molar-refractivity contribution is -0.208. The molecule has 3 saturated carbocycles. The lowest BCUT2D eigenvalue weighted by Crippen LogP contribution is -2.79. The van der Waals surface area contributed by atoms with Crippen molar-refractivity contribution >= 4 is 51.2 Å². The third-order valence-electron chi connectivity index (χ3n) is 13.1. The van der Waals surface area contributed by atoms with Crippen LogP contribution in [0.5, 0.6) is 17.2 Å². The molecule has 9 rings (SSSR count). The summed E-state index contributed by atoms with van der Waals surface area (Å²) in [5.74, 6) is 1.13. The van der Waals surface area contributed by atoms with Crippen molar-refractivity contribution in [3.63, 3.8) is 0 Å². The number of halogens is 1. The van der Waals surface area contributed by atoms with E-state index in [1.54, 1.807) is 18.7 Å². The number of methoxy groups -OCH3 is 1. The summed E-state index contributed by atoms with van der Waals surface area (Å²) in [4.78, 5) is 29.4. The van der Waals surface area contributed by atoms with Crippen LogP contribution in [0.15, 0.2) is 70.2 Å². The smallest absolute Gasteiger partial charge is 0.333 e. The van der Waals surface area contributed by atoms with E-state index >= 15 is 4.79 Å². The quantitative estimate of drug-likeness (QED) is 0.109. The molecule has 1 saturated heterocycles. The molecular formula is C46H54BrNO7S. The van der Waals surface area contributed by atoms with Gasteiger partial charge in [0, 0.05) is 51.1 Å². The van der Waals surface area contributed by atoms with Gasteiger partial charge in [-0.3, -0.25) is 4.79 Å². The largest absolute Gasteiger partial charge is 0.482 e. The monoisotopic (exact) mass is 843 g/mol. The zero-order chi connectivity index (χ0) is 39.9. The number of fused-ring (bicyclic) bond motifs is 4. The second kappa shape index (κ2) is 14.1. The summed E-state index contributed by atoms with van der Waals surface area (Å²) in [6.45, 7) is 16.5. The van der Waals surface area contributed by atoms with Crippen LogP contribution in [0.2, 0.25) is 0 Å². The molecule has 1 N–H and O–H groups in total. The molecule has 0 amide bonds. The Morgan fingerprint density at radius 3 is 2.50 bits per heavy atom. The second-order valence-electron chi connectivity index (χ2n) is 17.6. The molecule has 10 heteroatoms. The fourth-order valence-electron chi connectivity index (χ4n) is 10.7. The molecular weight excluding hydrogens is 790 g/mol. The van der Waals surface area contributed by atoms with E-state index in [4.69, 9.17) is 23.7 Å². The Hall–Kier alpha value is -3.47. The van der Waals surface area contributed by atoms with Crippen molar-refractivity contribution in [1.82, 2.24) is 0 Å².